The van der Waals surface area contributed by atoms with Gasteiger partial charge < -0.3 is 50.5 Å². The molecule has 2 aliphatic rings. The number of H-pyrrole nitrogens is 2. The summed E-state index contributed by atoms with van der Waals surface area (Å²) in [4.78, 5) is 91.1. The number of carbonyl (C=O) groups excluding carboxylic acids is 2. The van der Waals surface area contributed by atoms with E-state index in [1.165, 1.54) is 38.5 Å². The number of fused-ring (bicyclic) bond motifs is 8. The lowest BCUT2D eigenvalue weighted by Crippen LogP contribution is -2.42. The fraction of sp³-hybridized carbons (Fsp3) is 0.552. The van der Waals surface area contributed by atoms with Gasteiger partial charge in [-0.1, -0.05) is 78.1 Å². The Balaban J connectivity index is 1.73. The zero-order chi connectivity index (χ0) is 55.6. The number of aliphatic carboxylic acids is 4. The van der Waals surface area contributed by atoms with E-state index in [1.54, 1.807) is 6.07 Å². The van der Waals surface area contributed by atoms with Crippen molar-refractivity contribution in [3.8, 4) is 0 Å². The molecule has 76 heavy (non-hydrogen) atoms. The van der Waals surface area contributed by atoms with Crippen LogP contribution in [0.3, 0.4) is 0 Å². The summed E-state index contributed by atoms with van der Waals surface area (Å²) in [5.41, 5.74) is 11.9. The Morgan fingerprint density at radius 1 is 0.513 bits per heavy atom. The van der Waals surface area contributed by atoms with Crippen molar-refractivity contribution >= 4 is 80.1 Å². The number of carbonyl (C=O) groups is 6. The number of nitrogens with zero attached hydrogens (tertiary/aromatic N) is 2. The van der Waals surface area contributed by atoms with Crippen LogP contribution in [0.25, 0.3) is 44.4 Å². The van der Waals surface area contributed by atoms with E-state index in [-0.39, 0.29) is 37.9 Å². The van der Waals surface area contributed by atoms with Gasteiger partial charge in [0.15, 0.2) is 0 Å². The van der Waals surface area contributed by atoms with Gasteiger partial charge in [-0.3, -0.25) is 19.2 Å². The monoisotopic (exact) mass is 1050 g/mol. The van der Waals surface area contributed by atoms with Crippen molar-refractivity contribution in [3.63, 3.8) is 0 Å². The molecule has 0 aliphatic carbocycles. The number of amides is 2. The normalized spacial score (nSPS) is 14.1. The standard InChI is InChI=1S/C58H80N6O12/c1-9-11-13-15-17-19-25-75-37(7)55-35(5)43-27-41-33(3)39(21-23-51(65)63-49(57(71)72)31-53(67)68)45(59-41)30-46-40(22-24-52(66)64-50(58(73)74)32-54(69)70)34(4)42(60-46)28-47-56(36(6)44(62-47)29-48(55)61-43)38(8)76-26-20-18-16-14-12-10-2/h27-30,37-38,49-50,61-62H,9-26,31-32H2,1-8H3,(H,63,65)(H,64,66)(H,67,68)(H,69,70)(H,71,72)(H,73,74). The zero-order valence-electron chi connectivity index (χ0n) is 45.7. The summed E-state index contributed by atoms with van der Waals surface area (Å²) in [6, 6.07) is 4.52. The SMILES string of the molecule is CCCCCCCCOC(C)c1c(C)c2cc3[nH]c(cc4nc(cc5nc(cc1[nH]2)C(C)=C5CCC(=O)NC(CC(=O)O)C(=O)O)C(CCC(=O)NC(CC(=O)O)C(=O)O)=C4C)c(C)c3C(C)OCCCCCCCC. The second-order valence-corrected chi connectivity index (χ2v) is 20.2. The molecule has 0 saturated heterocycles. The molecule has 3 aromatic heterocycles. The molecule has 8 bridgehead atoms. The summed E-state index contributed by atoms with van der Waals surface area (Å²) in [6.07, 6.45) is 11.1. The van der Waals surface area contributed by atoms with Gasteiger partial charge in [-0.15, -0.1) is 0 Å². The van der Waals surface area contributed by atoms with Crippen LogP contribution in [0.4, 0.5) is 0 Å². The number of nitrogens with one attached hydrogen (secondary N) is 4. The second kappa shape index (κ2) is 29.0. The summed E-state index contributed by atoms with van der Waals surface area (Å²) < 4.78 is 13.2. The van der Waals surface area contributed by atoms with Crippen LogP contribution in [0.2, 0.25) is 0 Å². The molecule has 5 heterocycles. The van der Waals surface area contributed by atoms with Crippen LogP contribution in [0.15, 0.2) is 24.3 Å². The molecule has 8 N–H and O–H groups in total. The van der Waals surface area contributed by atoms with Crippen molar-refractivity contribution in [1.82, 2.24) is 30.6 Å². The average molecular weight is 1050 g/mol. The van der Waals surface area contributed by atoms with Crippen LogP contribution in [0.5, 0.6) is 0 Å². The Morgan fingerprint density at radius 2 is 0.882 bits per heavy atom. The van der Waals surface area contributed by atoms with E-state index < -0.39 is 60.6 Å². The van der Waals surface area contributed by atoms with Gasteiger partial charge in [0, 0.05) is 59.2 Å². The summed E-state index contributed by atoms with van der Waals surface area (Å²) in [7, 11) is 0. The molecular weight excluding hydrogens is 973 g/mol. The number of allylic oxidation sites excluding steroid dienone is 4. The van der Waals surface area contributed by atoms with E-state index in [2.05, 4.69) is 54.4 Å². The molecule has 0 spiro atoms. The van der Waals surface area contributed by atoms with Gasteiger partial charge in [-0.05, 0) is 125 Å². The Kier molecular flexibility index (Phi) is 23.0. The Bertz CT molecular complexity index is 2820. The molecule has 2 amide bonds. The minimum absolute atomic E-state index is 0.0831. The van der Waals surface area contributed by atoms with E-state index in [4.69, 9.17) is 19.4 Å². The minimum atomic E-state index is -1.63. The van der Waals surface area contributed by atoms with Crippen molar-refractivity contribution in [2.75, 3.05) is 13.2 Å². The number of aromatic nitrogens is 4. The number of aromatic amines is 2. The maximum absolute atomic E-state index is 13.4. The fourth-order valence-corrected chi connectivity index (χ4v) is 10.0. The molecule has 0 radical (unpaired) electrons. The molecule has 0 fully saturated rings. The van der Waals surface area contributed by atoms with Gasteiger partial charge in [0.1, 0.15) is 12.1 Å². The van der Waals surface area contributed by atoms with Gasteiger partial charge in [-0.25, -0.2) is 19.6 Å². The molecule has 0 aromatic carbocycles. The highest BCUT2D eigenvalue weighted by Gasteiger charge is 2.28. The first-order valence-corrected chi connectivity index (χ1v) is 27.1. The highest BCUT2D eigenvalue weighted by atomic mass is 16.5. The van der Waals surface area contributed by atoms with E-state index in [0.29, 0.717) is 47.1 Å². The molecule has 5 rings (SSSR count). The highest BCUT2D eigenvalue weighted by molar-refractivity contribution is 5.97. The van der Waals surface area contributed by atoms with Crippen LogP contribution in [-0.2, 0) is 38.2 Å². The van der Waals surface area contributed by atoms with Crippen molar-refractivity contribution in [2.24, 2.45) is 0 Å². The predicted molar refractivity (Wildman–Crippen MR) is 293 cm³/mol. The number of carboxylic acid groups (broad SMARTS) is 4. The number of hydrogen-bond acceptors (Lipinski definition) is 10. The molecule has 0 saturated carbocycles. The van der Waals surface area contributed by atoms with Gasteiger partial charge in [0.2, 0.25) is 11.8 Å². The summed E-state index contributed by atoms with van der Waals surface area (Å²) >= 11 is 0. The fourth-order valence-electron chi connectivity index (χ4n) is 10.0. The van der Waals surface area contributed by atoms with Crippen molar-refractivity contribution in [2.45, 2.75) is 195 Å². The van der Waals surface area contributed by atoms with E-state index >= 15 is 0 Å². The van der Waals surface area contributed by atoms with Crippen molar-refractivity contribution in [3.05, 3.63) is 69.3 Å². The first kappa shape index (κ1) is 60.2. The lowest BCUT2D eigenvalue weighted by Gasteiger charge is -2.14. The third-order valence-electron chi connectivity index (χ3n) is 14.4. The molecular formula is C58H80N6O12. The van der Waals surface area contributed by atoms with Crippen LogP contribution >= 0.6 is 0 Å². The number of rotatable bonds is 32. The number of unbranched alkanes of at least 4 members (excludes halogenated alkanes) is 10. The molecule has 3 aromatic rings. The van der Waals surface area contributed by atoms with Crippen LogP contribution in [-0.4, -0.2) is 101 Å². The number of ether oxygens (including phenoxy) is 2. The molecule has 18 nitrogen and oxygen atoms in total. The topological polar surface area (TPSA) is 283 Å². The average Bonchev–Trinajstić information content (AvgIpc) is 4.03. The van der Waals surface area contributed by atoms with E-state index in [1.807, 2.05) is 39.8 Å². The van der Waals surface area contributed by atoms with Crippen LogP contribution in [0.1, 0.15) is 214 Å². The first-order valence-electron chi connectivity index (χ1n) is 27.1. The second-order valence-electron chi connectivity index (χ2n) is 20.2. The van der Waals surface area contributed by atoms with Crippen molar-refractivity contribution in [1.29, 1.82) is 0 Å². The van der Waals surface area contributed by atoms with Gasteiger partial charge >= 0.3 is 23.9 Å². The summed E-state index contributed by atoms with van der Waals surface area (Å²) in [5.74, 6) is -7.04. The van der Waals surface area contributed by atoms with Gasteiger partial charge in [0.05, 0.1) is 47.8 Å². The lowest BCUT2D eigenvalue weighted by atomic mass is 9.97. The molecule has 18 heteroatoms. The predicted octanol–water partition coefficient (Wildman–Crippen LogP) is 11.3. The van der Waals surface area contributed by atoms with Crippen LogP contribution < -0.4 is 10.6 Å². The van der Waals surface area contributed by atoms with Gasteiger partial charge in [-0.2, -0.15) is 0 Å². The number of aryl methyl sites for hydroxylation is 2. The Morgan fingerprint density at radius 3 is 1.28 bits per heavy atom. The maximum atomic E-state index is 13.4. The molecule has 4 unspecified atom stereocenters. The van der Waals surface area contributed by atoms with Crippen molar-refractivity contribution < 1.29 is 58.7 Å². The number of hydrogen-bond donors (Lipinski definition) is 8. The van der Waals surface area contributed by atoms with E-state index in [9.17, 15) is 49.2 Å². The zero-order valence-corrected chi connectivity index (χ0v) is 45.7. The lowest BCUT2D eigenvalue weighted by molar-refractivity contribution is -0.147. The summed E-state index contributed by atoms with van der Waals surface area (Å²) in [6.45, 7) is 17.6. The molecule has 4 atom stereocenters. The quantitative estimate of drug-likeness (QED) is 0.0270. The van der Waals surface area contributed by atoms with Gasteiger partial charge in [0.25, 0.3) is 0 Å². The Hall–Kier alpha value is -6.66. The smallest absolute Gasteiger partial charge is 0.326 e. The summed E-state index contributed by atoms with van der Waals surface area (Å²) in [5, 5.41) is 42.6. The van der Waals surface area contributed by atoms with Crippen LogP contribution in [0, 0.1) is 13.8 Å². The number of carboxylic acids is 4. The molecule has 414 valence electrons. The van der Waals surface area contributed by atoms with E-state index in [0.717, 1.165) is 94.0 Å². The molecule has 2 aliphatic heterocycles. The highest BCUT2D eigenvalue weighted by Crippen LogP contribution is 2.40. The first-order chi connectivity index (χ1) is 36.2. The largest absolute Gasteiger partial charge is 0.481 e. The third-order valence-corrected chi connectivity index (χ3v) is 14.4. The maximum Gasteiger partial charge on any atom is 0.326 e. The minimum Gasteiger partial charge on any atom is -0.481 e. The Labute approximate surface area is 445 Å². The third kappa shape index (κ3) is 16.7.